The first-order chi connectivity index (χ1) is 9.13. The van der Waals surface area contributed by atoms with E-state index in [1.807, 2.05) is 0 Å². The summed E-state index contributed by atoms with van der Waals surface area (Å²) in [6.07, 6.45) is 8.66. The lowest BCUT2D eigenvalue weighted by Crippen LogP contribution is -2.45. The maximum Gasteiger partial charge on any atom is 0.222 e. The molecule has 0 aromatic rings. The fourth-order valence-corrected chi connectivity index (χ4v) is 4.65. The largest absolute Gasteiger partial charge is 0.342 e. The molecule has 3 aliphatic rings. The first-order valence-corrected chi connectivity index (χ1v) is 8.17. The van der Waals surface area contributed by atoms with Crippen molar-refractivity contribution in [3.63, 3.8) is 0 Å². The average Bonchev–Trinajstić information content (AvgIpc) is 3.01. The normalized spacial score (nSPS) is 37.6. The van der Waals surface area contributed by atoms with Crippen LogP contribution in [-0.4, -0.2) is 29.9 Å². The van der Waals surface area contributed by atoms with Crippen molar-refractivity contribution < 1.29 is 4.79 Å². The molecule has 1 aliphatic heterocycles. The fraction of sp³-hybridized carbons (Fsp3) is 0.938. The summed E-state index contributed by atoms with van der Waals surface area (Å²) in [6.45, 7) is 3.94. The van der Waals surface area contributed by atoms with Crippen molar-refractivity contribution >= 4 is 18.3 Å². The fourth-order valence-electron chi connectivity index (χ4n) is 4.65. The van der Waals surface area contributed by atoms with Crippen molar-refractivity contribution in [2.75, 3.05) is 13.1 Å². The molecule has 0 spiro atoms. The number of rotatable bonds is 3. The zero-order valence-corrected chi connectivity index (χ0v) is 13.4. The third-order valence-electron chi connectivity index (χ3n) is 5.88. The Balaban J connectivity index is 0.00000147. The lowest BCUT2D eigenvalue weighted by molar-refractivity contribution is -0.134. The standard InChI is InChI=1S/C16H28N2O.ClH/c1-11(17)14-3-2-6-18(10-14)16(19)9-15-8-12-4-5-13(15)7-12;/h11-15H,2-10,17H2,1H3;1H. The molecule has 116 valence electrons. The van der Waals surface area contributed by atoms with Gasteiger partial charge in [0.2, 0.25) is 5.91 Å². The molecular formula is C16H29ClN2O. The quantitative estimate of drug-likeness (QED) is 0.871. The third kappa shape index (κ3) is 3.30. The minimum atomic E-state index is 0. The van der Waals surface area contributed by atoms with E-state index in [-0.39, 0.29) is 18.4 Å². The number of carbonyl (C=O) groups is 1. The maximum absolute atomic E-state index is 12.5. The molecule has 20 heavy (non-hydrogen) atoms. The number of amides is 1. The van der Waals surface area contributed by atoms with Crippen molar-refractivity contribution in [1.82, 2.24) is 4.90 Å². The number of fused-ring (bicyclic) bond motifs is 2. The Kier molecular flexibility index (Phi) is 5.36. The van der Waals surface area contributed by atoms with Crippen LogP contribution in [0.2, 0.25) is 0 Å². The van der Waals surface area contributed by atoms with Gasteiger partial charge in [0.15, 0.2) is 0 Å². The van der Waals surface area contributed by atoms with Crippen LogP contribution in [0.15, 0.2) is 0 Å². The molecule has 2 saturated carbocycles. The van der Waals surface area contributed by atoms with Crippen LogP contribution in [0.3, 0.4) is 0 Å². The molecule has 4 heteroatoms. The molecule has 2 aliphatic carbocycles. The monoisotopic (exact) mass is 300 g/mol. The summed E-state index contributed by atoms with van der Waals surface area (Å²) >= 11 is 0. The number of nitrogens with zero attached hydrogens (tertiary/aromatic N) is 1. The van der Waals surface area contributed by atoms with Gasteiger partial charge in [-0.2, -0.15) is 0 Å². The van der Waals surface area contributed by atoms with E-state index >= 15 is 0 Å². The number of piperidine rings is 1. The highest BCUT2D eigenvalue weighted by molar-refractivity contribution is 5.85. The van der Waals surface area contributed by atoms with Gasteiger partial charge in [0.25, 0.3) is 0 Å². The van der Waals surface area contributed by atoms with Crippen LogP contribution in [0.1, 0.15) is 51.9 Å². The first kappa shape index (κ1) is 16.1. The first-order valence-electron chi connectivity index (χ1n) is 8.17. The van der Waals surface area contributed by atoms with Crippen LogP contribution in [-0.2, 0) is 4.79 Å². The molecular weight excluding hydrogens is 272 g/mol. The summed E-state index contributed by atoms with van der Waals surface area (Å²) in [5.41, 5.74) is 6.00. The summed E-state index contributed by atoms with van der Waals surface area (Å²) in [5, 5.41) is 0. The average molecular weight is 301 g/mol. The summed E-state index contributed by atoms with van der Waals surface area (Å²) in [6, 6.07) is 0.220. The van der Waals surface area contributed by atoms with Crippen molar-refractivity contribution in [1.29, 1.82) is 0 Å². The van der Waals surface area contributed by atoms with E-state index in [2.05, 4.69) is 11.8 Å². The van der Waals surface area contributed by atoms with Crippen LogP contribution < -0.4 is 5.73 Å². The minimum absolute atomic E-state index is 0. The molecule has 2 N–H and O–H groups in total. The molecule has 3 rings (SSSR count). The molecule has 1 amide bonds. The second kappa shape index (κ2) is 6.65. The van der Waals surface area contributed by atoms with Crippen LogP contribution in [0.25, 0.3) is 0 Å². The van der Waals surface area contributed by atoms with Gasteiger partial charge in [-0.25, -0.2) is 0 Å². The smallest absolute Gasteiger partial charge is 0.222 e. The van der Waals surface area contributed by atoms with E-state index in [0.717, 1.165) is 37.8 Å². The Bertz CT molecular complexity index is 347. The summed E-state index contributed by atoms with van der Waals surface area (Å²) < 4.78 is 0. The number of nitrogens with two attached hydrogens (primary N) is 1. The molecule has 5 unspecified atom stereocenters. The highest BCUT2D eigenvalue weighted by Crippen LogP contribution is 2.49. The van der Waals surface area contributed by atoms with E-state index in [1.165, 1.54) is 32.1 Å². The van der Waals surface area contributed by atoms with Gasteiger partial charge in [-0.15, -0.1) is 12.4 Å². The van der Waals surface area contributed by atoms with Crippen LogP contribution in [0.5, 0.6) is 0 Å². The Morgan fingerprint density at radius 2 is 2.10 bits per heavy atom. The lowest BCUT2D eigenvalue weighted by atomic mass is 9.85. The maximum atomic E-state index is 12.5. The van der Waals surface area contributed by atoms with Crippen molar-refractivity contribution in [2.45, 2.75) is 57.9 Å². The van der Waals surface area contributed by atoms with Crippen molar-refractivity contribution in [3.8, 4) is 0 Å². The second-order valence-electron chi connectivity index (χ2n) is 7.24. The predicted molar refractivity (Wildman–Crippen MR) is 83.8 cm³/mol. The van der Waals surface area contributed by atoms with Crippen molar-refractivity contribution in [3.05, 3.63) is 0 Å². The van der Waals surface area contributed by atoms with Gasteiger partial charge in [-0.05, 0) is 62.7 Å². The lowest BCUT2D eigenvalue weighted by Gasteiger charge is -2.35. The van der Waals surface area contributed by atoms with E-state index in [9.17, 15) is 4.79 Å². The summed E-state index contributed by atoms with van der Waals surface area (Å²) in [5.74, 6) is 3.42. The zero-order valence-electron chi connectivity index (χ0n) is 12.6. The van der Waals surface area contributed by atoms with Crippen LogP contribution >= 0.6 is 12.4 Å². The molecule has 5 atom stereocenters. The molecule has 3 nitrogen and oxygen atoms in total. The Morgan fingerprint density at radius 3 is 2.70 bits per heavy atom. The molecule has 1 heterocycles. The molecule has 0 aromatic heterocycles. The number of carbonyl (C=O) groups excluding carboxylic acids is 1. The van der Waals surface area contributed by atoms with Gasteiger partial charge in [-0.3, -0.25) is 4.79 Å². The highest BCUT2D eigenvalue weighted by atomic mass is 35.5. The van der Waals surface area contributed by atoms with Gasteiger partial charge >= 0.3 is 0 Å². The molecule has 0 radical (unpaired) electrons. The Labute approximate surface area is 129 Å². The molecule has 0 aromatic carbocycles. The minimum Gasteiger partial charge on any atom is -0.342 e. The number of halogens is 1. The SMILES string of the molecule is CC(N)C1CCCN(C(=O)CC2CC3CCC2C3)C1.Cl. The van der Waals surface area contributed by atoms with Gasteiger partial charge in [0.1, 0.15) is 0 Å². The van der Waals surface area contributed by atoms with E-state index in [4.69, 9.17) is 5.73 Å². The Morgan fingerprint density at radius 1 is 1.30 bits per heavy atom. The summed E-state index contributed by atoms with van der Waals surface area (Å²) in [7, 11) is 0. The zero-order chi connectivity index (χ0) is 13.4. The summed E-state index contributed by atoms with van der Waals surface area (Å²) in [4.78, 5) is 14.6. The van der Waals surface area contributed by atoms with Crippen LogP contribution in [0, 0.1) is 23.7 Å². The van der Waals surface area contributed by atoms with Gasteiger partial charge in [0, 0.05) is 25.6 Å². The van der Waals surface area contributed by atoms with Gasteiger partial charge < -0.3 is 10.6 Å². The van der Waals surface area contributed by atoms with E-state index < -0.39 is 0 Å². The van der Waals surface area contributed by atoms with Crippen LogP contribution in [0.4, 0.5) is 0 Å². The number of hydrogen-bond donors (Lipinski definition) is 1. The second-order valence-corrected chi connectivity index (χ2v) is 7.24. The number of hydrogen-bond acceptors (Lipinski definition) is 2. The van der Waals surface area contributed by atoms with Gasteiger partial charge in [-0.1, -0.05) is 6.42 Å². The highest BCUT2D eigenvalue weighted by Gasteiger charge is 2.40. The predicted octanol–water partition coefficient (Wildman–Crippen LogP) is 2.82. The van der Waals surface area contributed by atoms with Gasteiger partial charge in [0.05, 0.1) is 0 Å². The Hall–Kier alpha value is -0.280. The molecule has 3 fully saturated rings. The number of likely N-dealkylation sites (tertiary alicyclic amines) is 1. The molecule has 2 bridgehead atoms. The topological polar surface area (TPSA) is 46.3 Å². The van der Waals surface area contributed by atoms with Crippen molar-refractivity contribution in [2.24, 2.45) is 29.4 Å². The third-order valence-corrected chi connectivity index (χ3v) is 5.88. The van der Waals surface area contributed by atoms with E-state index in [0.29, 0.717) is 17.7 Å². The molecule has 1 saturated heterocycles. The van der Waals surface area contributed by atoms with E-state index in [1.54, 1.807) is 0 Å².